The number of likely N-dealkylation sites (N-methyl/N-ethyl adjacent to an activating group) is 1. The molecule has 1 fully saturated rings. The number of hydrogen-bond donors (Lipinski definition) is 1. The predicted octanol–water partition coefficient (Wildman–Crippen LogP) is 2.75. The fourth-order valence-corrected chi connectivity index (χ4v) is 2.46. The van der Waals surface area contributed by atoms with Crippen molar-refractivity contribution in [2.24, 2.45) is 11.7 Å². The minimum absolute atomic E-state index is 0.181. The van der Waals surface area contributed by atoms with E-state index in [0.717, 1.165) is 5.56 Å². The Morgan fingerprint density at radius 3 is 2.65 bits per heavy atom. The van der Waals surface area contributed by atoms with Gasteiger partial charge < -0.3 is 10.5 Å². The summed E-state index contributed by atoms with van der Waals surface area (Å²) in [6.07, 6.45) is -2.29. The highest BCUT2D eigenvalue weighted by Gasteiger charge is 2.33. The lowest BCUT2D eigenvalue weighted by Crippen LogP contribution is -2.39. The van der Waals surface area contributed by atoms with Gasteiger partial charge in [0.2, 0.25) is 0 Å². The molecule has 1 saturated carbocycles. The van der Waals surface area contributed by atoms with Crippen LogP contribution < -0.4 is 10.5 Å². The normalized spacial score (nSPS) is 17.3. The van der Waals surface area contributed by atoms with Gasteiger partial charge in [-0.3, -0.25) is 4.90 Å². The first-order valence-corrected chi connectivity index (χ1v) is 6.64. The Bertz CT molecular complexity index is 446. The number of nitrogens with zero attached hydrogens (tertiary/aromatic N) is 1. The van der Waals surface area contributed by atoms with E-state index >= 15 is 0 Å². The number of rotatable bonds is 6. The fraction of sp³-hybridized carbons (Fsp3) is 0.571. The molecule has 1 unspecified atom stereocenters. The second-order valence-corrected chi connectivity index (χ2v) is 5.25. The Labute approximate surface area is 116 Å². The molecule has 2 rings (SSSR count). The molecule has 0 saturated heterocycles. The van der Waals surface area contributed by atoms with Gasteiger partial charge in [-0.05, 0) is 43.5 Å². The molecule has 1 aromatic rings. The zero-order chi connectivity index (χ0) is 14.8. The molecule has 6 heteroatoms. The summed E-state index contributed by atoms with van der Waals surface area (Å²) in [5, 5.41) is 0. The van der Waals surface area contributed by atoms with Crippen molar-refractivity contribution in [3.8, 4) is 5.75 Å². The third-order valence-electron chi connectivity index (χ3n) is 3.54. The summed E-state index contributed by atoms with van der Waals surface area (Å²) >= 11 is 0. The summed E-state index contributed by atoms with van der Waals surface area (Å²) in [5.41, 5.74) is 6.55. The number of ether oxygens (including phenoxy) is 1. The van der Waals surface area contributed by atoms with E-state index in [2.05, 4.69) is 9.64 Å². The van der Waals surface area contributed by atoms with Gasteiger partial charge in [0.25, 0.3) is 0 Å². The molecular formula is C14H19F3N2O. The maximum Gasteiger partial charge on any atom is 0.573 e. The van der Waals surface area contributed by atoms with Gasteiger partial charge in [-0.25, -0.2) is 0 Å². The minimum Gasteiger partial charge on any atom is -0.406 e. The topological polar surface area (TPSA) is 38.5 Å². The number of benzene rings is 1. The second kappa shape index (κ2) is 6.01. The highest BCUT2D eigenvalue weighted by Crippen LogP contribution is 2.35. The van der Waals surface area contributed by atoms with Crippen LogP contribution in [0.3, 0.4) is 0 Å². The summed E-state index contributed by atoms with van der Waals surface area (Å²) in [5.74, 6) is 0.443. The minimum atomic E-state index is -4.65. The van der Waals surface area contributed by atoms with Gasteiger partial charge in [-0.2, -0.15) is 0 Å². The molecule has 0 spiro atoms. The van der Waals surface area contributed by atoms with Crippen LogP contribution in [0.15, 0.2) is 24.3 Å². The average molecular weight is 288 g/mol. The molecule has 20 heavy (non-hydrogen) atoms. The molecule has 0 heterocycles. The Kier molecular flexibility index (Phi) is 4.55. The fourth-order valence-electron chi connectivity index (χ4n) is 2.46. The van der Waals surface area contributed by atoms with Crippen LogP contribution in [0.1, 0.15) is 18.4 Å². The van der Waals surface area contributed by atoms with Crippen molar-refractivity contribution in [3.05, 3.63) is 29.8 Å². The Hall–Kier alpha value is -1.27. The second-order valence-electron chi connectivity index (χ2n) is 5.25. The lowest BCUT2D eigenvalue weighted by Gasteiger charge is -2.27. The zero-order valence-electron chi connectivity index (χ0n) is 11.4. The van der Waals surface area contributed by atoms with Crippen LogP contribution in [-0.2, 0) is 6.54 Å². The summed E-state index contributed by atoms with van der Waals surface area (Å²) < 4.78 is 40.5. The predicted molar refractivity (Wildman–Crippen MR) is 70.2 cm³/mol. The first-order valence-electron chi connectivity index (χ1n) is 6.64. The maximum atomic E-state index is 12.2. The van der Waals surface area contributed by atoms with Crippen molar-refractivity contribution in [3.63, 3.8) is 0 Å². The first-order chi connectivity index (χ1) is 9.39. The molecule has 1 atom stereocenters. The van der Waals surface area contributed by atoms with E-state index in [1.54, 1.807) is 12.1 Å². The monoisotopic (exact) mass is 288 g/mol. The van der Waals surface area contributed by atoms with Crippen LogP contribution in [0.2, 0.25) is 0 Å². The molecule has 2 N–H and O–H groups in total. The Morgan fingerprint density at radius 2 is 2.10 bits per heavy atom. The summed E-state index contributed by atoms with van der Waals surface area (Å²) in [4.78, 5) is 2.10. The standard InChI is InChI=1S/C14H19F3N2O/c1-19(13(8-18)11-5-6-11)9-10-3-2-4-12(7-10)20-14(15,16)17/h2-4,7,11,13H,5-6,8-9,18H2,1H3. The van der Waals surface area contributed by atoms with Crippen molar-refractivity contribution in [1.82, 2.24) is 4.90 Å². The number of halogens is 3. The van der Waals surface area contributed by atoms with Gasteiger partial charge in [0.1, 0.15) is 5.75 Å². The Balaban J connectivity index is 2.00. The highest BCUT2D eigenvalue weighted by atomic mass is 19.4. The number of hydrogen-bond acceptors (Lipinski definition) is 3. The molecule has 1 aliphatic rings. The molecule has 112 valence electrons. The van der Waals surface area contributed by atoms with Crippen molar-refractivity contribution in [1.29, 1.82) is 0 Å². The summed E-state index contributed by atoms with van der Waals surface area (Å²) in [6, 6.07) is 6.38. The smallest absolute Gasteiger partial charge is 0.406 e. The molecule has 0 bridgehead atoms. The molecule has 0 radical (unpaired) electrons. The van der Waals surface area contributed by atoms with E-state index in [4.69, 9.17) is 5.73 Å². The maximum absolute atomic E-state index is 12.2. The number of alkyl halides is 3. The van der Waals surface area contributed by atoms with Crippen LogP contribution in [-0.4, -0.2) is 30.9 Å². The lowest BCUT2D eigenvalue weighted by atomic mass is 10.1. The van der Waals surface area contributed by atoms with Crippen molar-refractivity contribution < 1.29 is 17.9 Å². The SMILES string of the molecule is CN(Cc1cccc(OC(F)(F)F)c1)C(CN)C1CC1. The Morgan fingerprint density at radius 1 is 1.40 bits per heavy atom. The van der Waals surface area contributed by atoms with Crippen LogP contribution in [0.5, 0.6) is 5.75 Å². The van der Waals surface area contributed by atoms with Crippen molar-refractivity contribution in [2.75, 3.05) is 13.6 Å². The lowest BCUT2D eigenvalue weighted by molar-refractivity contribution is -0.274. The van der Waals surface area contributed by atoms with Gasteiger partial charge in [0.05, 0.1) is 0 Å². The van der Waals surface area contributed by atoms with E-state index in [1.807, 2.05) is 7.05 Å². The van der Waals surface area contributed by atoms with Gasteiger partial charge in [0.15, 0.2) is 0 Å². The summed E-state index contributed by atoms with van der Waals surface area (Å²) in [7, 11) is 1.95. The van der Waals surface area contributed by atoms with Gasteiger partial charge in [0, 0.05) is 19.1 Å². The molecular weight excluding hydrogens is 269 g/mol. The van der Waals surface area contributed by atoms with E-state index in [-0.39, 0.29) is 5.75 Å². The molecule has 0 amide bonds. The third kappa shape index (κ3) is 4.38. The largest absolute Gasteiger partial charge is 0.573 e. The molecule has 1 aliphatic carbocycles. The highest BCUT2D eigenvalue weighted by molar-refractivity contribution is 5.28. The van der Waals surface area contributed by atoms with Crippen LogP contribution in [0.4, 0.5) is 13.2 Å². The van der Waals surface area contributed by atoms with E-state index in [1.165, 1.54) is 25.0 Å². The summed E-state index contributed by atoms with van der Waals surface area (Å²) in [6.45, 7) is 1.13. The van der Waals surface area contributed by atoms with Crippen LogP contribution >= 0.6 is 0 Å². The van der Waals surface area contributed by atoms with Crippen LogP contribution in [0.25, 0.3) is 0 Å². The van der Waals surface area contributed by atoms with Crippen LogP contribution in [0, 0.1) is 5.92 Å². The van der Waals surface area contributed by atoms with E-state index in [9.17, 15) is 13.2 Å². The van der Waals surface area contributed by atoms with E-state index < -0.39 is 6.36 Å². The van der Waals surface area contributed by atoms with Gasteiger partial charge in [-0.15, -0.1) is 13.2 Å². The van der Waals surface area contributed by atoms with Gasteiger partial charge in [-0.1, -0.05) is 12.1 Å². The molecule has 1 aromatic carbocycles. The van der Waals surface area contributed by atoms with Crippen molar-refractivity contribution >= 4 is 0 Å². The first kappa shape index (κ1) is 15.1. The van der Waals surface area contributed by atoms with Gasteiger partial charge >= 0.3 is 6.36 Å². The average Bonchev–Trinajstić information content (AvgIpc) is 3.12. The third-order valence-corrected chi connectivity index (χ3v) is 3.54. The molecule has 3 nitrogen and oxygen atoms in total. The molecule has 0 aromatic heterocycles. The zero-order valence-corrected chi connectivity index (χ0v) is 11.4. The van der Waals surface area contributed by atoms with Crippen molar-refractivity contribution in [2.45, 2.75) is 31.8 Å². The van der Waals surface area contributed by atoms with E-state index in [0.29, 0.717) is 25.0 Å². The molecule has 0 aliphatic heterocycles. The quantitative estimate of drug-likeness (QED) is 0.874. The number of nitrogens with two attached hydrogens (primary N) is 1.